The normalized spacial score (nSPS) is 29.6. The van der Waals surface area contributed by atoms with Crippen molar-refractivity contribution in [2.24, 2.45) is 16.7 Å². The first-order chi connectivity index (χ1) is 26.6. The summed E-state index contributed by atoms with van der Waals surface area (Å²) < 4.78 is 72.6. The molecule has 0 amide bonds. The number of carbonyl (C=O) groups excluding carboxylic acids is 1. The van der Waals surface area contributed by atoms with Gasteiger partial charge in [0.25, 0.3) is 10.1 Å². The Morgan fingerprint density at radius 2 is 1.00 bits per heavy atom. The van der Waals surface area contributed by atoms with Gasteiger partial charge in [-0.15, -0.1) is 0 Å². The van der Waals surface area contributed by atoms with Crippen molar-refractivity contribution in [3.8, 4) is 17.2 Å². The van der Waals surface area contributed by atoms with Crippen LogP contribution < -0.4 is 14.2 Å². The van der Waals surface area contributed by atoms with Gasteiger partial charge in [-0.3, -0.25) is 4.79 Å². The number of ether oxygens (including phenoxy) is 6. The zero-order valence-corrected chi connectivity index (χ0v) is 33.6. The van der Waals surface area contributed by atoms with Gasteiger partial charge in [-0.2, -0.15) is 8.42 Å². The molecule has 3 aliphatic heterocycles. The Kier molecular flexibility index (Phi) is 11.3. The van der Waals surface area contributed by atoms with Crippen molar-refractivity contribution in [2.75, 3.05) is 25.6 Å². The van der Waals surface area contributed by atoms with Gasteiger partial charge in [0.15, 0.2) is 18.9 Å². The van der Waals surface area contributed by atoms with Crippen LogP contribution in [0.15, 0.2) is 87.5 Å². The van der Waals surface area contributed by atoms with Crippen LogP contribution in [0.1, 0.15) is 90.9 Å². The molecular weight excluding hydrogens is 741 g/mol. The summed E-state index contributed by atoms with van der Waals surface area (Å²) in [5.41, 5.74) is -1.46. The van der Waals surface area contributed by atoms with Gasteiger partial charge >= 0.3 is 0 Å². The average molecular weight is 795 g/mol. The molecule has 0 spiro atoms. The van der Waals surface area contributed by atoms with Gasteiger partial charge in [0.2, 0.25) is 0 Å². The number of hydrogen-bond donors (Lipinski definition) is 0. The van der Waals surface area contributed by atoms with Gasteiger partial charge < -0.3 is 28.4 Å². The lowest BCUT2D eigenvalue weighted by molar-refractivity contribution is -0.128. The molecule has 12 heteroatoms. The van der Waals surface area contributed by atoms with Crippen molar-refractivity contribution in [1.29, 1.82) is 0 Å². The molecule has 3 aromatic carbocycles. The SMILES string of the molecule is CC1(C)C2CCC1(CS(=O)(=O)OS(c1ccc(OC3CCCCO3)cc1)(c1ccc(OC3CCCCO3)cc1)c1ccc(OC3CCCCO3)cc1)C(=O)C2. The predicted octanol–water partition coefficient (Wildman–Crippen LogP) is 9.34. The van der Waals surface area contributed by atoms with Crippen molar-refractivity contribution >= 4 is 26.2 Å². The highest BCUT2D eigenvalue weighted by Crippen LogP contribution is 2.71. The Morgan fingerprint density at radius 3 is 1.31 bits per heavy atom. The minimum Gasteiger partial charge on any atom is -0.465 e. The van der Waals surface area contributed by atoms with E-state index in [-0.39, 0.29) is 36.3 Å². The van der Waals surface area contributed by atoms with E-state index in [0.29, 0.717) is 64.6 Å². The Bertz CT molecular complexity index is 1720. The van der Waals surface area contributed by atoms with Crippen LogP contribution in [0, 0.1) is 16.7 Å². The molecule has 0 radical (unpaired) electrons. The lowest BCUT2D eigenvalue weighted by atomic mass is 9.70. The standard InChI is InChI=1S/C43H54O10S2/c1-42(2)31-24-25-43(42,38(44)29-31)30-54(45,46)53-55(35-18-12-32(13-19-35)50-39-9-3-6-26-47-39,36-20-14-33(15-21-36)51-40-10-4-7-27-48-40)37-22-16-34(17-23-37)52-41-11-5-8-28-49-41/h12-23,31,39-41H,3-11,24-30H2,1-2H3. The van der Waals surface area contributed by atoms with Gasteiger partial charge in [0.1, 0.15) is 23.0 Å². The number of ketones is 1. The maximum atomic E-state index is 14.8. The summed E-state index contributed by atoms with van der Waals surface area (Å²) in [6, 6.07) is 22.4. The van der Waals surface area contributed by atoms with Crippen molar-refractivity contribution in [1.82, 2.24) is 0 Å². The fraction of sp³-hybridized carbons (Fsp3) is 0.558. The molecule has 298 valence electrons. The van der Waals surface area contributed by atoms with E-state index in [9.17, 15) is 13.2 Å². The first-order valence-electron chi connectivity index (χ1n) is 20.0. The van der Waals surface area contributed by atoms with E-state index in [1.807, 2.05) is 86.6 Å². The van der Waals surface area contributed by atoms with Crippen LogP contribution in [-0.4, -0.2) is 58.6 Å². The topological polar surface area (TPSA) is 116 Å². The molecule has 3 heterocycles. The highest BCUT2D eigenvalue weighted by Gasteiger charge is 2.66. The second-order valence-electron chi connectivity index (χ2n) is 16.1. The van der Waals surface area contributed by atoms with Crippen molar-refractivity contribution in [2.45, 2.75) is 124 Å². The summed E-state index contributed by atoms with van der Waals surface area (Å²) in [6.07, 6.45) is 9.29. The largest absolute Gasteiger partial charge is 0.465 e. The molecule has 8 rings (SSSR count). The van der Waals surface area contributed by atoms with Gasteiger partial charge in [0, 0.05) is 40.4 Å². The molecule has 2 bridgehead atoms. The third kappa shape index (κ3) is 7.92. The average Bonchev–Trinajstić information content (AvgIpc) is 3.54. The van der Waals surface area contributed by atoms with Crippen LogP contribution in [0.5, 0.6) is 17.2 Å². The zero-order chi connectivity index (χ0) is 38.1. The minimum absolute atomic E-state index is 0.0193. The number of benzene rings is 3. The van der Waals surface area contributed by atoms with Gasteiger partial charge in [-0.1, -0.05) is 13.8 Å². The van der Waals surface area contributed by atoms with E-state index >= 15 is 0 Å². The molecule has 3 saturated heterocycles. The van der Waals surface area contributed by atoms with Crippen molar-refractivity contribution in [3.63, 3.8) is 0 Å². The molecule has 0 aromatic heterocycles. The molecule has 3 aromatic rings. The first kappa shape index (κ1) is 38.7. The summed E-state index contributed by atoms with van der Waals surface area (Å²) in [5, 5.41) is 0. The minimum atomic E-state index is -4.35. The van der Waals surface area contributed by atoms with E-state index in [1.54, 1.807) is 0 Å². The van der Waals surface area contributed by atoms with Crippen molar-refractivity contribution < 1.29 is 45.3 Å². The third-order valence-electron chi connectivity index (χ3n) is 12.5. The number of rotatable bonds is 13. The van der Waals surface area contributed by atoms with E-state index < -0.39 is 31.3 Å². The van der Waals surface area contributed by atoms with Gasteiger partial charge in [0.05, 0.1) is 31.0 Å². The lowest BCUT2D eigenvalue weighted by Crippen LogP contribution is -2.42. The molecule has 2 saturated carbocycles. The molecular formula is C43H54O10S2. The summed E-state index contributed by atoms with van der Waals surface area (Å²) >= 11 is 0. The fourth-order valence-electron chi connectivity index (χ4n) is 9.11. The first-order valence-corrected chi connectivity index (χ1v) is 23.2. The van der Waals surface area contributed by atoms with Crippen LogP contribution in [0.25, 0.3) is 0 Å². The molecule has 5 aliphatic rings. The molecule has 0 N–H and O–H groups in total. The van der Waals surface area contributed by atoms with Crippen molar-refractivity contribution in [3.05, 3.63) is 72.8 Å². The van der Waals surface area contributed by atoms with Gasteiger partial charge in [-0.25, -0.2) is 3.63 Å². The number of fused-ring (bicyclic) bond motifs is 2. The Labute approximate surface area is 327 Å². The number of carbonyl (C=O) groups is 1. The summed E-state index contributed by atoms with van der Waals surface area (Å²) in [4.78, 5) is 15.6. The highest BCUT2D eigenvalue weighted by atomic mass is 32.3. The molecule has 5 unspecified atom stereocenters. The second-order valence-corrected chi connectivity index (χ2v) is 20.6. The van der Waals surface area contributed by atoms with Gasteiger partial charge in [-0.05, 0) is 146 Å². The van der Waals surface area contributed by atoms with E-state index in [0.717, 1.165) is 64.2 Å². The maximum Gasteiger partial charge on any atom is 0.278 e. The highest BCUT2D eigenvalue weighted by molar-refractivity contribution is 8.33. The predicted molar refractivity (Wildman–Crippen MR) is 208 cm³/mol. The van der Waals surface area contributed by atoms with Crippen LogP contribution in [0.3, 0.4) is 0 Å². The summed E-state index contributed by atoms with van der Waals surface area (Å²) in [5.74, 6) is 1.66. The quantitative estimate of drug-likeness (QED) is 0.166. The number of hydrogen-bond acceptors (Lipinski definition) is 10. The van der Waals surface area contributed by atoms with Crippen LogP contribution in [0.2, 0.25) is 0 Å². The van der Waals surface area contributed by atoms with Crippen LogP contribution >= 0.6 is 10.3 Å². The monoisotopic (exact) mass is 794 g/mol. The summed E-state index contributed by atoms with van der Waals surface area (Å²) in [6.45, 7) is 6.06. The summed E-state index contributed by atoms with van der Waals surface area (Å²) in [7, 11) is -7.37. The van der Waals surface area contributed by atoms with E-state index in [2.05, 4.69) is 0 Å². The fourth-order valence-corrected chi connectivity index (χ4v) is 15.1. The molecule has 10 nitrogen and oxygen atoms in total. The molecule has 5 fully saturated rings. The smallest absolute Gasteiger partial charge is 0.278 e. The Hall–Kier alpha value is -3.13. The molecule has 2 aliphatic carbocycles. The second kappa shape index (κ2) is 16.0. The number of Topliss-reactive ketones (excluding diaryl/α,β-unsaturated/α-hetero) is 1. The Morgan fingerprint density at radius 1 is 0.600 bits per heavy atom. The third-order valence-corrected chi connectivity index (χ3v) is 17.8. The van der Waals surface area contributed by atoms with E-state index in [4.69, 9.17) is 32.1 Å². The van der Waals surface area contributed by atoms with Crippen LogP contribution in [-0.2, 0) is 32.8 Å². The molecule has 5 atom stereocenters. The molecule has 55 heavy (non-hydrogen) atoms. The zero-order valence-electron chi connectivity index (χ0n) is 32.0. The lowest BCUT2D eigenvalue weighted by Gasteiger charge is -2.42. The Balaban J connectivity index is 1.21. The maximum absolute atomic E-state index is 14.8. The van der Waals surface area contributed by atoms with E-state index in [1.165, 1.54) is 0 Å². The van der Waals surface area contributed by atoms with Crippen LogP contribution in [0.4, 0.5) is 0 Å².